The lowest BCUT2D eigenvalue weighted by Crippen LogP contribution is -2.33. The molecule has 0 bridgehead atoms. The van der Waals surface area contributed by atoms with E-state index in [2.05, 4.69) is 0 Å². The highest BCUT2D eigenvalue weighted by molar-refractivity contribution is 5.97. The number of non-ortho nitro benzene ring substituents is 1. The number of benzene rings is 1. The minimum Gasteiger partial charge on any atom is -0.545 e. The fraction of sp³-hybridized carbons (Fsp3) is 0.417. The van der Waals surface area contributed by atoms with Crippen LogP contribution in [0, 0.1) is 20.2 Å². The molecule has 0 N–H and O–H groups in total. The highest BCUT2D eigenvalue weighted by atomic mass is 16.6. The summed E-state index contributed by atoms with van der Waals surface area (Å²) in [7, 11) is 0. The normalized spacial score (nSPS) is 14.8. The topological polar surface area (TPSA) is 130 Å². The number of rotatable bonds is 4. The Labute approximate surface area is 119 Å². The lowest BCUT2D eigenvalue weighted by Gasteiger charge is -2.30. The lowest BCUT2D eigenvalue weighted by atomic mass is 10.0. The Hall–Kier alpha value is -2.71. The number of carbonyl (C=O) groups excluding carboxylic acids is 1. The third kappa shape index (κ3) is 2.91. The van der Waals surface area contributed by atoms with Gasteiger partial charge in [-0.3, -0.25) is 20.2 Å². The molecule has 112 valence electrons. The molecule has 9 nitrogen and oxygen atoms in total. The van der Waals surface area contributed by atoms with Crippen LogP contribution in [0.3, 0.4) is 0 Å². The van der Waals surface area contributed by atoms with Crippen molar-refractivity contribution < 1.29 is 19.7 Å². The molecule has 9 heteroatoms. The summed E-state index contributed by atoms with van der Waals surface area (Å²) in [5.41, 5.74) is -1.84. The van der Waals surface area contributed by atoms with Crippen molar-refractivity contribution in [1.82, 2.24) is 0 Å². The quantitative estimate of drug-likeness (QED) is 0.594. The van der Waals surface area contributed by atoms with Crippen LogP contribution < -0.4 is 10.0 Å². The van der Waals surface area contributed by atoms with Crippen molar-refractivity contribution in [1.29, 1.82) is 0 Å². The fourth-order valence-corrected chi connectivity index (χ4v) is 2.45. The molecule has 0 aliphatic carbocycles. The van der Waals surface area contributed by atoms with Gasteiger partial charge >= 0.3 is 0 Å². The van der Waals surface area contributed by atoms with Crippen LogP contribution in [-0.2, 0) is 0 Å². The predicted molar refractivity (Wildman–Crippen MR) is 70.1 cm³/mol. The number of hydrogen-bond donors (Lipinski definition) is 0. The van der Waals surface area contributed by atoms with Crippen molar-refractivity contribution in [2.24, 2.45) is 0 Å². The van der Waals surface area contributed by atoms with Gasteiger partial charge in [-0.2, -0.15) is 0 Å². The number of carboxylic acid groups (broad SMARTS) is 1. The van der Waals surface area contributed by atoms with Crippen LogP contribution in [0.5, 0.6) is 0 Å². The number of aromatic carboxylic acids is 1. The molecular formula is C12H12N3O6-. The van der Waals surface area contributed by atoms with Gasteiger partial charge in [-0.05, 0) is 19.3 Å². The minimum atomic E-state index is -1.66. The molecule has 1 aromatic rings. The standard InChI is InChI=1S/C12H13N3O6/c16-12(17)9-6-8(14(18)19)7-10(15(20)21)11(9)13-4-2-1-3-5-13/h6-7H,1-5H2,(H,16,17)/p-1. The first-order chi connectivity index (χ1) is 9.91. The SMILES string of the molecule is O=C([O-])c1cc([N+](=O)[O-])cc([N+](=O)[O-])c1N1CCCCC1. The highest BCUT2D eigenvalue weighted by Crippen LogP contribution is 2.37. The van der Waals surface area contributed by atoms with Gasteiger partial charge in [0.2, 0.25) is 0 Å². The van der Waals surface area contributed by atoms with Gasteiger partial charge in [0.15, 0.2) is 0 Å². The summed E-state index contributed by atoms with van der Waals surface area (Å²) in [6, 6.07) is 1.60. The van der Waals surface area contributed by atoms with Crippen LogP contribution in [0.15, 0.2) is 12.1 Å². The van der Waals surface area contributed by atoms with Crippen molar-refractivity contribution in [3.05, 3.63) is 37.9 Å². The zero-order valence-corrected chi connectivity index (χ0v) is 11.0. The first-order valence-electron chi connectivity index (χ1n) is 6.35. The van der Waals surface area contributed by atoms with E-state index in [4.69, 9.17) is 0 Å². The van der Waals surface area contributed by atoms with Crippen LogP contribution in [-0.4, -0.2) is 28.9 Å². The summed E-state index contributed by atoms with van der Waals surface area (Å²) in [4.78, 5) is 33.1. The molecule has 1 aliphatic heterocycles. The van der Waals surface area contributed by atoms with Crippen molar-refractivity contribution >= 4 is 23.0 Å². The Bertz CT molecular complexity index is 574. The van der Waals surface area contributed by atoms with Crippen molar-refractivity contribution in [3.8, 4) is 0 Å². The molecule has 1 saturated heterocycles. The van der Waals surface area contributed by atoms with E-state index in [9.17, 15) is 30.1 Å². The summed E-state index contributed by atoms with van der Waals surface area (Å²) in [6.07, 6.45) is 2.51. The first kappa shape index (κ1) is 14.7. The Morgan fingerprint density at radius 3 is 2.14 bits per heavy atom. The fourth-order valence-electron chi connectivity index (χ4n) is 2.45. The summed E-state index contributed by atoms with van der Waals surface area (Å²) in [5, 5.41) is 33.2. The van der Waals surface area contributed by atoms with E-state index >= 15 is 0 Å². The third-order valence-corrected chi connectivity index (χ3v) is 3.37. The second-order valence-corrected chi connectivity index (χ2v) is 4.71. The predicted octanol–water partition coefficient (Wildman–Crippen LogP) is 0.857. The maximum atomic E-state index is 11.2. The number of carboxylic acids is 1. The average Bonchev–Trinajstić information content (AvgIpc) is 2.46. The number of nitro benzene ring substituents is 2. The molecule has 1 aromatic carbocycles. The Kier molecular flexibility index (Phi) is 4.01. The second-order valence-electron chi connectivity index (χ2n) is 4.71. The van der Waals surface area contributed by atoms with Gasteiger partial charge in [-0.15, -0.1) is 0 Å². The molecule has 0 amide bonds. The maximum absolute atomic E-state index is 11.2. The van der Waals surface area contributed by atoms with E-state index in [1.165, 1.54) is 0 Å². The number of piperidine rings is 1. The number of carbonyl (C=O) groups is 1. The van der Waals surface area contributed by atoms with Crippen molar-refractivity contribution in [2.75, 3.05) is 18.0 Å². The van der Waals surface area contributed by atoms with Crippen LogP contribution in [0.4, 0.5) is 17.1 Å². The zero-order chi connectivity index (χ0) is 15.6. The van der Waals surface area contributed by atoms with E-state index in [-0.39, 0.29) is 5.69 Å². The largest absolute Gasteiger partial charge is 0.545 e. The molecule has 1 aliphatic rings. The Morgan fingerprint density at radius 1 is 1.05 bits per heavy atom. The van der Waals surface area contributed by atoms with Crippen LogP contribution >= 0.6 is 0 Å². The zero-order valence-electron chi connectivity index (χ0n) is 11.0. The van der Waals surface area contributed by atoms with Gasteiger partial charge < -0.3 is 14.8 Å². The van der Waals surface area contributed by atoms with Gasteiger partial charge in [0.25, 0.3) is 11.4 Å². The molecular weight excluding hydrogens is 282 g/mol. The van der Waals surface area contributed by atoms with E-state index < -0.39 is 32.8 Å². The van der Waals surface area contributed by atoms with Gasteiger partial charge in [-0.1, -0.05) is 0 Å². The van der Waals surface area contributed by atoms with Gasteiger partial charge in [0, 0.05) is 24.7 Å². The summed E-state index contributed by atoms with van der Waals surface area (Å²) >= 11 is 0. The van der Waals surface area contributed by atoms with E-state index in [1.807, 2.05) is 0 Å². The van der Waals surface area contributed by atoms with Crippen LogP contribution in [0.1, 0.15) is 29.6 Å². The molecule has 2 rings (SSSR count). The molecule has 0 saturated carbocycles. The van der Waals surface area contributed by atoms with Gasteiger partial charge in [0.1, 0.15) is 5.69 Å². The van der Waals surface area contributed by atoms with Crippen LogP contribution in [0.25, 0.3) is 0 Å². The minimum absolute atomic E-state index is 0.106. The molecule has 0 unspecified atom stereocenters. The lowest BCUT2D eigenvalue weighted by molar-refractivity contribution is -0.393. The third-order valence-electron chi connectivity index (χ3n) is 3.37. The van der Waals surface area contributed by atoms with Gasteiger partial charge in [0.05, 0.1) is 21.9 Å². The smallest absolute Gasteiger partial charge is 0.300 e. The monoisotopic (exact) mass is 294 g/mol. The molecule has 1 fully saturated rings. The number of nitro groups is 2. The van der Waals surface area contributed by atoms with Crippen molar-refractivity contribution in [2.45, 2.75) is 19.3 Å². The first-order valence-corrected chi connectivity index (χ1v) is 6.35. The molecule has 0 spiro atoms. The highest BCUT2D eigenvalue weighted by Gasteiger charge is 2.29. The van der Waals surface area contributed by atoms with E-state index in [1.54, 1.807) is 4.90 Å². The molecule has 0 radical (unpaired) electrons. The van der Waals surface area contributed by atoms with Gasteiger partial charge in [-0.25, -0.2) is 0 Å². The maximum Gasteiger partial charge on any atom is 0.300 e. The number of anilines is 1. The number of hydrogen-bond acceptors (Lipinski definition) is 7. The summed E-state index contributed by atoms with van der Waals surface area (Å²) in [5.74, 6) is -1.66. The van der Waals surface area contributed by atoms with E-state index in [0.717, 1.165) is 31.4 Å². The molecule has 21 heavy (non-hydrogen) atoms. The van der Waals surface area contributed by atoms with E-state index in [0.29, 0.717) is 13.1 Å². The molecule has 0 aromatic heterocycles. The molecule has 0 atom stereocenters. The summed E-state index contributed by atoms with van der Waals surface area (Å²) < 4.78 is 0. The van der Waals surface area contributed by atoms with Crippen LogP contribution in [0.2, 0.25) is 0 Å². The van der Waals surface area contributed by atoms with Crippen molar-refractivity contribution in [3.63, 3.8) is 0 Å². The average molecular weight is 294 g/mol. The molecule has 1 heterocycles. The Balaban J connectivity index is 2.66. The number of nitrogens with zero attached hydrogens (tertiary/aromatic N) is 3. The second kappa shape index (κ2) is 5.73. The Morgan fingerprint density at radius 2 is 1.67 bits per heavy atom. The summed E-state index contributed by atoms with van der Waals surface area (Å²) in [6.45, 7) is 0.942.